The largest absolute Gasteiger partial charge is 0.384 e. The van der Waals surface area contributed by atoms with E-state index >= 15 is 0 Å². The minimum Gasteiger partial charge on any atom is -0.384 e. The fraction of sp³-hybridized carbons (Fsp3) is 1.00. The van der Waals surface area contributed by atoms with Crippen molar-refractivity contribution in [1.29, 1.82) is 0 Å². The summed E-state index contributed by atoms with van der Waals surface area (Å²) < 4.78 is 5.01. The highest BCUT2D eigenvalue weighted by Crippen LogP contribution is 2.02. The number of hydrogen-bond acceptors (Lipinski definition) is 3. The maximum Gasteiger partial charge on any atom is 0.0503 e. The van der Waals surface area contributed by atoms with E-state index in [1.165, 1.54) is 6.42 Å². The van der Waals surface area contributed by atoms with Crippen molar-refractivity contribution < 1.29 is 4.74 Å². The van der Waals surface area contributed by atoms with Crippen molar-refractivity contribution in [3.63, 3.8) is 0 Å². The Morgan fingerprint density at radius 1 is 1.56 bits per heavy atom. The first kappa shape index (κ1) is 6.99. The summed E-state index contributed by atoms with van der Waals surface area (Å²) in [5, 5.41) is 0. The van der Waals surface area contributed by atoms with Gasteiger partial charge in [-0.15, -0.1) is 0 Å². The summed E-state index contributed by atoms with van der Waals surface area (Å²) in [6, 6.07) is 0. The summed E-state index contributed by atoms with van der Waals surface area (Å²) in [5.74, 6) is 0.705. The second-order valence-electron chi connectivity index (χ2n) is 2.42. The van der Waals surface area contributed by atoms with Crippen molar-refractivity contribution in [1.82, 2.24) is 10.9 Å². The van der Waals surface area contributed by atoms with Crippen molar-refractivity contribution >= 4 is 0 Å². The molecule has 1 saturated heterocycles. The van der Waals surface area contributed by atoms with Crippen LogP contribution in [0.4, 0.5) is 0 Å². The molecule has 1 heterocycles. The van der Waals surface area contributed by atoms with Gasteiger partial charge in [0, 0.05) is 20.2 Å². The third-order valence-electron chi connectivity index (χ3n) is 1.60. The number of ether oxygens (including phenoxy) is 1. The second kappa shape index (κ2) is 3.82. The van der Waals surface area contributed by atoms with Gasteiger partial charge in [0.1, 0.15) is 0 Å². The molecule has 0 aromatic rings. The van der Waals surface area contributed by atoms with Crippen molar-refractivity contribution in [2.24, 2.45) is 5.92 Å². The van der Waals surface area contributed by atoms with Gasteiger partial charge in [0.25, 0.3) is 0 Å². The molecule has 1 atom stereocenters. The van der Waals surface area contributed by atoms with E-state index in [-0.39, 0.29) is 0 Å². The third-order valence-corrected chi connectivity index (χ3v) is 1.60. The van der Waals surface area contributed by atoms with Crippen LogP contribution in [0.1, 0.15) is 6.42 Å². The van der Waals surface area contributed by atoms with Crippen LogP contribution in [0.3, 0.4) is 0 Å². The van der Waals surface area contributed by atoms with Crippen LogP contribution in [0.2, 0.25) is 0 Å². The van der Waals surface area contributed by atoms with Crippen molar-refractivity contribution in [3.05, 3.63) is 0 Å². The van der Waals surface area contributed by atoms with Crippen LogP contribution in [0.25, 0.3) is 0 Å². The lowest BCUT2D eigenvalue weighted by Gasteiger charge is -2.22. The number of rotatable bonds is 2. The van der Waals surface area contributed by atoms with Crippen molar-refractivity contribution in [3.8, 4) is 0 Å². The molecule has 0 spiro atoms. The summed E-state index contributed by atoms with van der Waals surface area (Å²) in [7, 11) is 1.75. The Morgan fingerprint density at radius 2 is 2.44 bits per heavy atom. The number of hydrazine groups is 1. The normalized spacial score (nSPS) is 28.3. The molecule has 1 aliphatic rings. The highest BCUT2D eigenvalue weighted by molar-refractivity contribution is 4.65. The Balaban J connectivity index is 2.08. The molecule has 1 fully saturated rings. The van der Waals surface area contributed by atoms with E-state index in [4.69, 9.17) is 4.74 Å². The van der Waals surface area contributed by atoms with Gasteiger partial charge in [-0.3, -0.25) is 10.9 Å². The summed E-state index contributed by atoms with van der Waals surface area (Å²) >= 11 is 0. The zero-order valence-corrected chi connectivity index (χ0v) is 5.81. The fourth-order valence-electron chi connectivity index (χ4n) is 1.06. The van der Waals surface area contributed by atoms with E-state index in [0.717, 1.165) is 19.7 Å². The molecule has 0 aromatic heterocycles. The quantitative estimate of drug-likeness (QED) is 0.540. The molecule has 3 heteroatoms. The van der Waals surface area contributed by atoms with Gasteiger partial charge in [0.15, 0.2) is 0 Å². The number of hydrogen-bond donors (Lipinski definition) is 2. The molecule has 0 saturated carbocycles. The average Bonchev–Trinajstić information content (AvgIpc) is 1.91. The lowest BCUT2D eigenvalue weighted by atomic mass is 10.1. The van der Waals surface area contributed by atoms with E-state index in [9.17, 15) is 0 Å². The van der Waals surface area contributed by atoms with Crippen molar-refractivity contribution in [2.75, 3.05) is 26.8 Å². The van der Waals surface area contributed by atoms with E-state index in [1.807, 2.05) is 0 Å². The zero-order valence-electron chi connectivity index (χ0n) is 5.81. The van der Waals surface area contributed by atoms with Crippen LogP contribution in [0, 0.1) is 5.92 Å². The van der Waals surface area contributed by atoms with Crippen molar-refractivity contribution in [2.45, 2.75) is 6.42 Å². The highest BCUT2D eigenvalue weighted by atomic mass is 16.5. The highest BCUT2D eigenvalue weighted by Gasteiger charge is 2.10. The summed E-state index contributed by atoms with van der Waals surface area (Å²) in [5.41, 5.74) is 6.16. The smallest absolute Gasteiger partial charge is 0.0503 e. The molecule has 3 nitrogen and oxygen atoms in total. The van der Waals surface area contributed by atoms with Gasteiger partial charge < -0.3 is 4.74 Å². The van der Waals surface area contributed by atoms with Crippen LogP contribution in [-0.2, 0) is 4.74 Å². The molecule has 1 aliphatic heterocycles. The molecule has 9 heavy (non-hydrogen) atoms. The molecule has 0 amide bonds. The molecular weight excluding hydrogens is 116 g/mol. The summed E-state index contributed by atoms with van der Waals surface area (Å²) in [6.45, 7) is 2.98. The molecule has 1 unspecified atom stereocenters. The van der Waals surface area contributed by atoms with Gasteiger partial charge >= 0.3 is 0 Å². The Kier molecular flexibility index (Phi) is 2.97. The van der Waals surface area contributed by atoms with E-state index in [0.29, 0.717) is 5.92 Å². The number of methoxy groups -OCH3 is 1. The van der Waals surface area contributed by atoms with Gasteiger partial charge in [-0.2, -0.15) is 0 Å². The maximum atomic E-state index is 5.01. The molecule has 0 aliphatic carbocycles. The van der Waals surface area contributed by atoms with E-state index < -0.39 is 0 Å². The second-order valence-corrected chi connectivity index (χ2v) is 2.42. The monoisotopic (exact) mass is 130 g/mol. The zero-order chi connectivity index (χ0) is 6.53. The molecule has 0 radical (unpaired) electrons. The van der Waals surface area contributed by atoms with E-state index in [2.05, 4.69) is 10.9 Å². The van der Waals surface area contributed by atoms with Crippen LogP contribution in [0.5, 0.6) is 0 Å². The third kappa shape index (κ3) is 2.30. The minimum absolute atomic E-state index is 0.705. The lowest BCUT2D eigenvalue weighted by Crippen LogP contribution is -2.44. The summed E-state index contributed by atoms with van der Waals surface area (Å²) in [4.78, 5) is 0. The molecule has 1 rings (SSSR count). The Hall–Kier alpha value is -0.120. The maximum absolute atomic E-state index is 5.01. The van der Waals surface area contributed by atoms with Crippen LogP contribution < -0.4 is 10.9 Å². The summed E-state index contributed by atoms with van der Waals surface area (Å²) in [6.07, 6.45) is 1.22. The van der Waals surface area contributed by atoms with Crippen LogP contribution in [0.15, 0.2) is 0 Å². The predicted octanol–water partition coefficient (Wildman–Crippen LogP) is -0.253. The first-order valence-electron chi connectivity index (χ1n) is 3.38. The topological polar surface area (TPSA) is 33.3 Å². The Bertz CT molecular complexity index is 68.7. The average molecular weight is 130 g/mol. The van der Waals surface area contributed by atoms with Crippen LogP contribution >= 0.6 is 0 Å². The molecule has 0 aromatic carbocycles. The van der Waals surface area contributed by atoms with E-state index in [1.54, 1.807) is 7.11 Å². The Labute approximate surface area is 55.7 Å². The predicted molar refractivity (Wildman–Crippen MR) is 36.0 cm³/mol. The molecule has 0 bridgehead atoms. The van der Waals surface area contributed by atoms with Gasteiger partial charge in [-0.05, 0) is 12.3 Å². The number of nitrogens with one attached hydrogen (secondary N) is 2. The van der Waals surface area contributed by atoms with Gasteiger partial charge in [0.2, 0.25) is 0 Å². The van der Waals surface area contributed by atoms with Gasteiger partial charge in [-0.25, -0.2) is 0 Å². The van der Waals surface area contributed by atoms with Gasteiger partial charge in [0.05, 0.1) is 6.61 Å². The molecule has 54 valence electrons. The lowest BCUT2D eigenvalue weighted by molar-refractivity contribution is 0.133. The Morgan fingerprint density at radius 3 is 3.00 bits per heavy atom. The minimum atomic E-state index is 0.705. The molecular formula is C6H14N2O. The standard InChI is InChI=1S/C6H14N2O/c1-9-5-6-2-3-7-8-4-6/h6-8H,2-5H2,1H3. The molecule has 2 N–H and O–H groups in total. The van der Waals surface area contributed by atoms with Gasteiger partial charge in [-0.1, -0.05) is 0 Å². The fourth-order valence-corrected chi connectivity index (χ4v) is 1.06. The van der Waals surface area contributed by atoms with Crippen LogP contribution in [-0.4, -0.2) is 26.8 Å². The first-order chi connectivity index (χ1) is 4.43. The first-order valence-corrected chi connectivity index (χ1v) is 3.38. The SMILES string of the molecule is COCC1CCNNC1.